The Morgan fingerprint density at radius 1 is 1.62 bits per heavy atom. The van der Waals surface area contributed by atoms with Crippen LogP contribution in [-0.2, 0) is 4.79 Å². The number of thioether (sulfide) groups is 1. The van der Waals surface area contributed by atoms with Gasteiger partial charge in [0.15, 0.2) is 0 Å². The third-order valence-corrected chi connectivity index (χ3v) is 3.00. The summed E-state index contributed by atoms with van der Waals surface area (Å²) >= 11 is 1.70. The van der Waals surface area contributed by atoms with Crippen molar-refractivity contribution in [3.63, 3.8) is 0 Å². The topological polar surface area (TPSA) is 40.5 Å². The second-order valence-corrected chi connectivity index (χ2v) is 5.66. The summed E-state index contributed by atoms with van der Waals surface area (Å²) in [4.78, 5) is 12.9. The second-order valence-electron chi connectivity index (χ2n) is 4.66. The minimum Gasteiger partial charge on any atom is -0.480 e. The average molecular weight is 203 g/mol. The largest absolute Gasteiger partial charge is 0.480 e. The maximum absolute atomic E-state index is 10.8. The molecule has 1 aliphatic rings. The van der Waals surface area contributed by atoms with Crippen molar-refractivity contribution in [2.24, 2.45) is 5.41 Å². The van der Waals surface area contributed by atoms with Gasteiger partial charge in [0.25, 0.3) is 0 Å². The molecule has 13 heavy (non-hydrogen) atoms. The van der Waals surface area contributed by atoms with Crippen molar-refractivity contribution in [1.82, 2.24) is 4.90 Å². The van der Waals surface area contributed by atoms with E-state index in [1.807, 2.05) is 4.90 Å². The fourth-order valence-corrected chi connectivity index (χ4v) is 2.66. The van der Waals surface area contributed by atoms with Crippen molar-refractivity contribution in [3.8, 4) is 0 Å². The Balaban J connectivity index is 2.54. The minimum atomic E-state index is -0.686. The van der Waals surface area contributed by atoms with E-state index in [0.29, 0.717) is 0 Å². The molecule has 0 aromatic rings. The lowest BCUT2D eigenvalue weighted by molar-refractivity contribution is -0.142. The number of carboxylic acids is 1. The van der Waals surface area contributed by atoms with Gasteiger partial charge in [0, 0.05) is 18.2 Å². The summed E-state index contributed by atoms with van der Waals surface area (Å²) in [5.74, 6) is 0.897. The van der Waals surface area contributed by atoms with Gasteiger partial charge in [-0.25, -0.2) is 0 Å². The molecule has 0 aromatic carbocycles. The Labute approximate surface area is 83.5 Å². The van der Waals surface area contributed by atoms with Crippen molar-refractivity contribution in [2.45, 2.75) is 26.8 Å². The van der Waals surface area contributed by atoms with Crippen LogP contribution >= 0.6 is 11.8 Å². The van der Waals surface area contributed by atoms with Gasteiger partial charge in [0.05, 0.1) is 0 Å². The number of nitrogens with zero attached hydrogens (tertiary/aromatic N) is 1. The first-order chi connectivity index (χ1) is 5.90. The molecule has 0 spiro atoms. The molecule has 1 N–H and O–H groups in total. The van der Waals surface area contributed by atoms with Crippen molar-refractivity contribution >= 4 is 17.7 Å². The van der Waals surface area contributed by atoms with Gasteiger partial charge in [-0.05, 0) is 5.41 Å². The number of hydrogen-bond acceptors (Lipinski definition) is 3. The summed E-state index contributed by atoms with van der Waals surface area (Å²) in [6.45, 7) is 7.26. The van der Waals surface area contributed by atoms with Crippen LogP contribution in [0.15, 0.2) is 0 Å². The van der Waals surface area contributed by atoms with E-state index >= 15 is 0 Å². The summed E-state index contributed by atoms with van der Waals surface area (Å²) in [6, 6.07) is -0.274. The van der Waals surface area contributed by atoms with Gasteiger partial charge in [-0.2, -0.15) is 0 Å². The zero-order valence-electron chi connectivity index (χ0n) is 8.41. The number of carboxylic acid groups (broad SMARTS) is 1. The van der Waals surface area contributed by atoms with E-state index in [2.05, 4.69) is 20.8 Å². The van der Waals surface area contributed by atoms with Crippen LogP contribution in [0, 0.1) is 5.41 Å². The van der Waals surface area contributed by atoms with E-state index in [1.54, 1.807) is 11.8 Å². The molecule has 1 aliphatic heterocycles. The van der Waals surface area contributed by atoms with Gasteiger partial charge in [-0.3, -0.25) is 9.69 Å². The highest BCUT2D eigenvalue weighted by atomic mass is 32.2. The first-order valence-corrected chi connectivity index (χ1v) is 5.60. The quantitative estimate of drug-likeness (QED) is 0.738. The lowest BCUT2D eigenvalue weighted by atomic mass is 9.96. The Morgan fingerprint density at radius 2 is 2.23 bits per heavy atom. The summed E-state index contributed by atoms with van der Waals surface area (Å²) in [5, 5.41) is 8.93. The van der Waals surface area contributed by atoms with Crippen LogP contribution in [0.2, 0.25) is 0 Å². The van der Waals surface area contributed by atoms with Gasteiger partial charge >= 0.3 is 5.97 Å². The predicted octanol–water partition coefficient (Wildman–Crippen LogP) is 1.49. The van der Waals surface area contributed by atoms with Crippen LogP contribution in [0.3, 0.4) is 0 Å². The molecule has 0 amide bonds. The third kappa shape index (κ3) is 3.19. The maximum atomic E-state index is 10.8. The van der Waals surface area contributed by atoms with Gasteiger partial charge in [0.1, 0.15) is 6.04 Å². The summed E-state index contributed by atoms with van der Waals surface area (Å²) in [5.41, 5.74) is 0.179. The van der Waals surface area contributed by atoms with Crippen molar-refractivity contribution in [3.05, 3.63) is 0 Å². The highest BCUT2D eigenvalue weighted by Gasteiger charge is 2.33. The molecule has 0 aromatic heterocycles. The molecule has 1 saturated heterocycles. The molecule has 0 aliphatic carbocycles. The summed E-state index contributed by atoms with van der Waals surface area (Å²) in [7, 11) is 0. The summed E-state index contributed by atoms with van der Waals surface area (Å²) < 4.78 is 0. The summed E-state index contributed by atoms with van der Waals surface area (Å²) in [6.07, 6.45) is 0. The minimum absolute atomic E-state index is 0.179. The van der Waals surface area contributed by atoms with Gasteiger partial charge in [0.2, 0.25) is 0 Å². The Hall–Kier alpha value is -0.220. The SMILES string of the molecule is CC(C)(C)CN1CSC[C@@H]1C(=O)O. The van der Waals surface area contributed by atoms with Gasteiger partial charge < -0.3 is 5.11 Å². The zero-order chi connectivity index (χ0) is 10.1. The molecule has 0 unspecified atom stereocenters. The lowest BCUT2D eigenvalue weighted by Gasteiger charge is -2.28. The Kier molecular flexibility index (Phi) is 3.24. The molecule has 1 rings (SSSR count). The van der Waals surface area contributed by atoms with Crippen LogP contribution in [0.1, 0.15) is 20.8 Å². The monoisotopic (exact) mass is 203 g/mol. The number of hydrogen-bond donors (Lipinski definition) is 1. The molecular formula is C9H17NO2S. The molecule has 0 radical (unpaired) electrons. The van der Waals surface area contributed by atoms with Gasteiger partial charge in [-0.15, -0.1) is 11.8 Å². The standard InChI is InChI=1S/C9H17NO2S/c1-9(2,3)5-10-6-13-4-7(10)8(11)12/h7H,4-6H2,1-3H3,(H,11,12)/t7-/m1/s1. The molecule has 1 atom stereocenters. The molecule has 1 fully saturated rings. The molecule has 1 heterocycles. The molecular weight excluding hydrogens is 186 g/mol. The Morgan fingerprint density at radius 3 is 2.69 bits per heavy atom. The van der Waals surface area contributed by atoms with Crippen LogP contribution in [0.4, 0.5) is 0 Å². The highest BCUT2D eigenvalue weighted by Crippen LogP contribution is 2.25. The first-order valence-electron chi connectivity index (χ1n) is 4.45. The van der Waals surface area contributed by atoms with Crippen LogP contribution in [0.25, 0.3) is 0 Å². The molecule has 3 nitrogen and oxygen atoms in total. The third-order valence-electron chi connectivity index (χ3n) is 1.94. The average Bonchev–Trinajstić information content (AvgIpc) is 2.31. The van der Waals surface area contributed by atoms with Crippen LogP contribution in [0.5, 0.6) is 0 Å². The number of rotatable bonds is 2. The normalized spacial score (nSPS) is 25.0. The van der Waals surface area contributed by atoms with E-state index in [0.717, 1.165) is 18.2 Å². The molecule has 76 valence electrons. The zero-order valence-corrected chi connectivity index (χ0v) is 9.23. The molecule has 0 saturated carbocycles. The maximum Gasteiger partial charge on any atom is 0.321 e. The van der Waals surface area contributed by atoms with E-state index in [-0.39, 0.29) is 11.5 Å². The highest BCUT2D eigenvalue weighted by molar-refractivity contribution is 7.99. The lowest BCUT2D eigenvalue weighted by Crippen LogP contribution is -2.42. The van der Waals surface area contributed by atoms with Gasteiger partial charge in [-0.1, -0.05) is 20.8 Å². The molecule has 0 bridgehead atoms. The molecule has 4 heteroatoms. The number of aliphatic carboxylic acids is 1. The van der Waals surface area contributed by atoms with Crippen molar-refractivity contribution in [2.75, 3.05) is 18.2 Å². The van der Waals surface area contributed by atoms with E-state index < -0.39 is 5.97 Å². The van der Waals surface area contributed by atoms with Crippen molar-refractivity contribution in [1.29, 1.82) is 0 Å². The van der Waals surface area contributed by atoms with E-state index in [9.17, 15) is 4.79 Å². The van der Waals surface area contributed by atoms with E-state index in [1.165, 1.54) is 0 Å². The fourth-order valence-electron chi connectivity index (χ4n) is 1.47. The smallest absolute Gasteiger partial charge is 0.321 e. The second kappa shape index (κ2) is 3.88. The predicted molar refractivity (Wildman–Crippen MR) is 54.9 cm³/mol. The van der Waals surface area contributed by atoms with Crippen LogP contribution in [-0.4, -0.2) is 40.2 Å². The van der Waals surface area contributed by atoms with E-state index in [4.69, 9.17) is 5.11 Å². The first kappa shape index (κ1) is 10.9. The Bertz CT molecular complexity index is 200. The van der Waals surface area contributed by atoms with Crippen molar-refractivity contribution < 1.29 is 9.90 Å². The number of carbonyl (C=O) groups is 1. The fraction of sp³-hybridized carbons (Fsp3) is 0.889. The van der Waals surface area contributed by atoms with Crippen LogP contribution < -0.4 is 0 Å².